The van der Waals surface area contributed by atoms with Gasteiger partial charge in [0.1, 0.15) is 0 Å². The molecule has 0 aliphatic carbocycles. The van der Waals surface area contributed by atoms with E-state index in [2.05, 4.69) is 21.4 Å². The molecule has 6 nitrogen and oxygen atoms in total. The number of hydrogen-bond acceptors (Lipinski definition) is 4. The van der Waals surface area contributed by atoms with Crippen LogP contribution in [0.4, 0.5) is 0 Å². The minimum absolute atomic E-state index is 0.234. The topological polar surface area (TPSA) is 82.6 Å². The van der Waals surface area contributed by atoms with Crippen molar-refractivity contribution in [2.45, 2.75) is 0 Å². The molecule has 0 unspecified atom stereocenters. The predicted octanol–water partition coefficient (Wildman–Crippen LogP) is 2.76. The van der Waals surface area contributed by atoms with Crippen LogP contribution in [0.5, 0.6) is 0 Å². The summed E-state index contributed by atoms with van der Waals surface area (Å²) in [6.07, 6.45) is 0. The fourth-order valence-electron chi connectivity index (χ4n) is 2.48. The zero-order chi connectivity index (χ0) is 19.6. The highest BCUT2D eigenvalue weighted by Crippen LogP contribution is 2.02. The summed E-state index contributed by atoms with van der Waals surface area (Å²) in [5, 5.41) is 4.24. The van der Waals surface area contributed by atoms with Crippen LogP contribution in [0.3, 0.4) is 0 Å². The summed E-state index contributed by atoms with van der Waals surface area (Å²) >= 11 is 0. The summed E-state index contributed by atoms with van der Waals surface area (Å²) in [5.74, 6) is -0.552. The third-order valence-electron chi connectivity index (χ3n) is 3.93. The molecule has 0 radical (unpaired) electrons. The van der Waals surface area contributed by atoms with Crippen LogP contribution in [-0.2, 0) is 0 Å². The van der Waals surface area contributed by atoms with Crippen molar-refractivity contribution in [3.63, 3.8) is 0 Å². The van der Waals surface area contributed by atoms with Gasteiger partial charge in [0.05, 0.1) is 12.3 Å². The van der Waals surface area contributed by atoms with E-state index in [0.29, 0.717) is 16.8 Å². The lowest BCUT2D eigenvalue weighted by atomic mass is 10.1. The quantitative estimate of drug-likeness (QED) is 0.441. The van der Waals surface area contributed by atoms with Gasteiger partial charge in [-0.15, -0.1) is 0 Å². The first-order chi connectivity index (χ1) is 13.7. The van der Waals surface area contributed by atoms with Gasteiger partial charge in [-0.05, 0) is 29.8 Å². The van der Waals surface area contributed by atoms with Gasteiger partial charge in [-0.1, -0.05) is 66.7 Å². The van der Waals surface area contributed by atoms with Crippen molar-refractivity contribution < 1.29 is 9.59 Å². The van der Waals surface area contributed by atoms with Gasteiger partial charge in [0.25, 0.3) is 11.8 Å². The van der Waals surface area contributed by atoms with E-state index in [0.717, 1.165) is 5.56 Å². The van der Waals surface area contributed by atoms with Crippen molar-refractivity contribution in [1.29, 1.82) is 0 Å². The van der Waals surface area contributed by atoms with Crippen molar-refractivity contribution in [3.05, 3.63) is 108 Å². The number of nitrogens with one attached hydrogen (secondary N) is 3. The highest BCUT2D eigenvalue weighted by molar-refractivity contribution is 6.03. The summed E-state index contributed by atoms with van der Waals surface area (Å²) in [5.41, 5.74) is 10.5. The van der Waals surface area contributed by atoms with Gasteiger partial charge in [-0.25, -0.2) is 10.9 Å². The zero-order valence-electron chi connectivity index (χ0n) is 15.1. The molecule has 0 aromatic heterocycles. The molecule has 0 heterocycles. The number of carbonyl (C=O) groups is 2. The highest BCUT2D eigenvalue weighted by Gasteiger charge is 2.08. The molecule has 3 rings (SSSR count). The number of rotatable bonds is 7. The highest BCUT2D eigenvalue weighted by atomic mass is 16.2. The van der Waals surface area contributed by atoms with Crippen LogP contribution in [0.2, 0.25) is 0 Å². The summed E-state index contributed by atoms with van der Waals surface area (Å²) in [4.78, 5) is 24.4. The lowest BCUT2D eigenvalue weighted by Crippen LogP contribution is -2.41. The molecule has 0 saturated heterocycles. The predicted molar refractivity (Wildman–Crippen MR) is 109 cm³/mol. The second-order valence-electron chi connectivity index (χ2n) is 5.91. The summed E-state index contributed by atoms with van der Waals surface area (Å²) in [6, 6.07) is 27.2. The van der Waals surface area contributed by atoms with Crippen LogP contribution >= 0.6 is 0 Å². The van der Waals surface area contributed by atoms with E-state index in [-0.39, 0.29) is 18.4 Å². The monoisotopic (exact) mass is 372 g/mol. The van der Waals surface area contributed by atoms with Crippen LogP contribution in [0.15, 0.2) is 96.1 Å². The lowest BCUT2D eigenvalue weighted by molar-refractivity contribution is 0.0931. The van der Waals surface area contributed by atoms with E-state index in [9.17, 15) is 9.59 Å². The molecule has 3 N–H and O–H groups in total. The molecule has 0 spiro atoms. The molecular weight excluding hydrogens is 352 g/mol. The Balaban J connectivity index is 1.66. The van der Waals surface area contributed by atoms with Crippen LogP contribution in [-0.4, -0.2) is 24.1 Å². The standard InChI is InChI=1S/C22H20N4O2/c27-21(18-12-6-2-7-13-18)25-23-16-20(17-10-4-1-5-11-17)24-26-22(28)19-14-8-3-9-15-19/h1-15,23H,16H2,(H,25,27)(H,26,28). The van der Waals surface area contributed by atoms with Gasteiger partial charge < -0.3 is 0 Å². The van der Waals surface area contributed by atoms with Gasteiger partial charge >= 0.3 is 0 Å². The van der Waals surface area contributed by atoms with Gasteiger partial charge in [-0.3, -0.25) is 15.0 Å². The maximum Gasteiger partial charge on any atom is 0.271 e. The number of amides is 2. The fraction of sp³-hybridized carbons (Fsp3) is 0.0455. The average molecular weight is 372 g/mol. The second-order valence-corrected chi connectivity index (χ2v) is 5.91. The zero-order valence-corrected chi connectivity index (χ0v) is 15.1. The molecular formula is C22H20N4O2. The van der Waals surface area contributed by atoms with Crippen molar-refractivity contribution in [2.75, 3.05) is 6.54 Å². The van der Waals surface area contributed by atoms with E-state index in [4.69, 9.17) is 0 Å². The van der Waals surface area contributed by atoms with E-state index < -0.39 is 0 Å². The van der Waals surface area contributed by atoms with Crippen molar-refractivity contribution >= 4 is 17.5 Å². The Morgan fingerprint density at radius 3 is 1.64 bits per heavy atom. The first-order valence-corrected chi connectivity index (χ1v) is 8.79. The average Bonchev–Trinajstić information content (AvgIpc) is 2.77. The number of carbonyl (C=O) groups excluding carboxylic acids is 2. The Labute approximate surface area is 163 Å². The molecule has 0 atom stereocenters. The largest absolute Gasteiger partial charge is 0.287 e. The number of hydrogen-bond donors (Lipinski definition) is 3. The molecule has 3 aromatic rings. The summed E-state index contributed by atoms with van der Waals surface area (Å²) in [6.45, 7) is 0.234. The molecule has 0 fully saturated rings. The molecule has 6 heteroatoms. The summed E-state index contributed by atoms with van der Waals surface area (Å²) < 4.78 is 0. The van der Waals surface area contributed by atoms with Gasteiger partial charge in [0, 0.05) is 11.1 Å². The Morgan fingerprint density at radius 1 is 0.643 bits per heavy atom. The Morgan fingerprint density at radius 2 is 1.11 bits per heavy atom. The fourth-order valence-corrected chi connectivity index (χ4v) is 2.48. The maximum atomic E-state index is 12.2. The molecule has 0 aliphatic heterocycles. The van der Waals surface area contributed by atoms with Crippen molar-refractivity contribution in [2.24, 2.45) is 5.10 Å². The van der Waals surface area contributed by atoms with Crippen LogP contribution < -0.4 is 16.3 Å². The van der Waals surface area contributed by atoms with Crippen LogP contribution in [0, 0.1) is 0 Å². The maximum absolute atomic E-state index is 12.2. The van der Waals surface area contributed by atoms with E-state index in [1.165, 1.54) is 0 Å². The Hall–Kier alpha value is -3.77. The normalized spacial score (nSPS) is 10.9. The molecule has 0 aliphatic rings. The minimum Gasteiger partial charge on any atom is -0.287 e. The third-order valence-corrected chi connectivity index (χ3v) is 3.93. The molecule has 140 valence electrons. The third kappa shape index (κ3) is 5.36. The number of hydrazine groups is 1. The SMILES string of the molecule is O=C(NN=C(CNNC(=O)c1ccccc1)c1ccccc1)c1ccccc1. The Kier molecular flexibility index (Phi) is 6.65. The first kappa shape index (κ1) is 19.0. The van der Waals surface area contributed by atoms with Gasteiger partial charge in [0.15, 0.2) is 0 Å². The van der Waals surface area contributed by atoms with Crippen molar-refractivity contribution in [1.82, 2.24) is 16.3 Å². The van der Waals surface area contributed by atoms with Gasteiger partial charge in [-0.2, -0.15) is 5.10 Å². The number of hydrazone groups is 1. The number of nitrogens with zero attached hydrogens (tertiary/aromatic N) is 1. The number of benzene rings is 3. The minimum atomic E-state index is -0.303. The van der Waals surface area contributed by atoms with Crippen molar-refractivity contribution in [3.8, 4) is 0 Å². The second kappa shape index (κ2) is 9.80. The molecule has 0 saturated carbocycles. The molecule has 0 bridgehead atoms. The molecule has 2 amide bonds. The van der Waals surface area contributed by atoms with E-state index in [1.807, 2.05) is 42.5 Å². The summed E-state index contributed by atoms with van der Waals surface area (Å²) in [7, 11) is 0. The smallest absolute Gasteiger partial charge is 0.271 e. The molecule has 28 heavy (non-hydrogen) atoms. The Bertz CT molecular complexity index is 942. The molecule has 3 aromatic carbocycles. The lowest BCUT2D eigenvalue weighted by Gasteiger charge is -2.10. The van der Waals surface area contributed by atoms with E-state index >= 15 is 0 Å². The van der Waals surface area contributed by atoms with Crippen LogP contribution in [0.1, 0.15) is 26.3 Å². The van der Waals surface area contributed by atoms with Gasteiger partial charge in [0.2, 0.25) is 0 Å². The first-order valence-electron chi connectivity index (χ1n) is 8.79. The van der Waals surface area contributed by atoms with Crippen LogP contribution in [0.25, 0.3) is 0 Å². The van der Waals surface area contributed by atoms with E-state index in [1.54, 1.807) is 48.5 Å².